The number of Topliss-reactive ketones (excluding diaryl/α,β-unsaturated/α-hetero) is 1. The zero-order valence-corrected chi connectivity index (χ0v) is 21.0. The van der Waals surface area contributed by atoms with E-state index in [1.54, 1.807) is 25.7 Å². The van der Waals surface area contributed by atoms with Crippen molar-refractivity contribution in [3.63, 3.8) is 0 Å². The largest absolute Gasteiger partial charge is 0.507 e. The molecular weight excluding hydrogens is 462 g/mol. The van der Waals surface area contributed by atoms with E-state index in [1.807, 2.05) is 30.3 Å². The smallest absolute Gasteiger partial charge is 0.355 e. The third-order valence-corrected chi connectivity index (χ3v) is 6.79. The van der Waals surface area contributed by atoms with E-state index in [-0.39, 0.29) is 23.6 Å². The average Bonchev–Trinajstić information content (AvgIpc) is 3.32. The minimum atomic E-state index is -0.731. The SMILES string of the molecule is CCOC(=O)c1[nH]c(C)c(C(O)=C2C(=O)C(=O)N(CCCN3CCOCC3)C2c2ccccc2)c1C. The summed E-state index contributed by atoms with van der Waals surface area (Å²) in [7, 11) is 0. The van der Waals surface area contributed by atoms with Crippen molar-refractivity contribution in [2.24, 2.45) is 0 Å². The van der Waals surface area contributed by atoms with Crippen LogP contribution in [0.1, 0.15) is 52.3 Å². The Bertz CT molecular complexity index is 1160. The van der Waals surface area contributed by atoms with Crippen molar-refractivity contribution < 1.29 is 29.0 Å². The van der Waals surface area contributed by atoms with Crippen LogP contribution in [0.3, 0.4) is 0 Å². The van der Waals surface area contributed by atoms with Gasteiger partial charge in [0.15, 0.2) is 0 Å². The maximum absolute atomic E-state index is 13.3. The van der Waals surface area contributed by atoms with Crippen molar-refractivity contribution in [3.8, 4) is 0 Å². The number of hydrogen-bond acceptors (Lipinski definition) is 7. The molecule has 0 spiro atoms. The molecule has 192 valence electrons. The van der Waals surface area contributed by atoms with Crippen LogP contribution in [-0.4, -0.2) is 83.5 Å². The number of aryl methyl sites for hydroxylation is 1. The second kappa shape index (κ2) is 11.1. The van der Waals surface area contributed by atoms with E-state index in [0.717, 1.165) is 25.2 Å². The Balaban J connectivity index is 1.71. The zero-order valence-electron chi connectivity index (χ0n) is 21.0. The normalized spacial score (nSPS) is 20.2. The third kappa shape index (κ3) is 4.94. The quantitative estimate of drug-likeness (QED) is 0.251. The number of aromatic nitrogens is 1. The third-order valence-electron chi connectivity index (χ3n) is 6.79. The lowest BCUT2D eigenvalue weighted by atomic mass is 9.94. The molecule has 2 aromatic rings. The first-order valence-electron chi connectivity index (χ1n) is 12.3. The lowest BCUT2D eigenvalue weighted by Crippen LogP contribution is -2.38. The number of morpholine rings is 1. The Hall–Kier alpha value is -3.43. The molecule has 0 radical (unpaired) electrons. The summed E-state index contributed by atoms with van der Waals surface area (Å²) in [4.78, 5) is 45.7. The van der Waals surface area contributed by atoms with Crippen LogP contribution in [0.5, 0.6) is 0 Å². The van der Waals surface area contributed by atoms with Gasteiger partial charge in [0.1, 0.15) is 11.5 Å². The molecule has 3 heterocycles. The number of aliphatic hydroxyl groups is 1. The van der Waals surface area contributed by atoms with Crippen molar-refractivity contribution >= 4 is 23.4 Å². The predicted octanol–water partition coefficient (Wildman–Crippen LogP) is 2.95. The molecule has 1 amide bonds. The fraction of sp³-hybridized carbons (Fsp3) is 0.444. The molecule has 2 fully saturated rings. The summed E-state index contributed by atoms with van der Waals surface area (Å²) in [5.41, 5.74) is 2.30. The molecule has 0 aliphatic carbocycles. The fourth-order valence-corrected chi connectivity index (χ4v) is 5.03. The Kier molecular flexibility index (Phi) is 7.91. The van der Waals surface area contributed by atoms with E-state index < -0.39 is 23.7 Å². The number of esters is 1. The van der Waals surface area contributed by atoms with Gasteiger partial charge in [0.05, 0.1) is 31.4 Å². The molecule has 2 N–H and O–H groups in total. The number of amides is 1. The van der Waals surface area contributed by atoms with Crippen molar-refractivity contribution in [2.45, 2.75) is 33.2 Å². The highest BCUT2D eigenvalue weighted by Crippen LogP contribution is 2.40. The van der Waals surface area contributed by atoms with E-state index in [4.69, 9.17) is 9.47 Å². The highest BCUT2D eigenvalue weighted by molar-refractivity contribution is 6.46. The van der Waals surface area contributed by atoms with Crippen LogP contribution in [0.15, 0.2) is 35.9 Å². The van der Waals surface area contributed by atoms with Crippen molar-refractivity contribution in [1.82, 2.24) is 14.8 Å². The van der Waals surface area contributed by atoms with Gasteiger partial charge in [-0.05, 0) is 38.3 Å². The highest BCUT2D eigenvalue weighted by Gasteiger charge is 2.46. The van der Waals surface area contributed by atoms with E-state index in [1.165, 1.54) is 0 Å². The van der Waals surface area contributed by atoms with E-state index in [0.29, 0.717) is 43.0 Å². The number of hydrogen-bond donors (Lipinski definition) is 2. The number of carbonyl (C=O) groups excluding carboxylic acids is 3. The lowest BCUT2D eigenvalue weighted by molar-refractivity contribution is -0.140. The van der Waals surface area contributed by atoms with E-state index in [9.17, 15) is 19.5 Å². The molecule has 1 atom stereocenters. The van der Waals surface area contributed by atoms with Crippen molar-refractivity contribution in [3.05, 3.63) is 64.0 Å². The number of ether oxygens (including phenoxy) is 2. The number of likely N-dealkylation sites (tertiary alicyclic amines) is 1. The summed E-state index contributed by atoms with van der Waals surface area (Å²) in [6.07, 6.45) is 0.686. The van der Waals surface area contributed by atoms with Gasteiger partial charge in [0, 0.05) is 37.4 Å². The number of benzene rings is 1. The van der Waals surface area contributed by atoms with Gasteiger partial charge in [0.2, 0.25) is 0 Å². The van der Waals surface area contributed by atoms with Gasteiger partial charge in [-0.25, -0.2) is 4.79 Å². The zero-order chi connectivity index (χ0) is 25.8. The van der Waals surface area contributed by atoms with Gasteiger partial charge in [-0.1, -0.05) is 30.3 Å². The van der Waals surface area contributed by atoms with Crippen molar-refractivity contribution in [1.29, 1.82) is 0 Å². The average molecular weight is 496 g/mol. The molecule has 4 rings (SSSR count). The molecule has 1 aromatic carbocycles. The van der Waals surface area contributed by atoms with Crippen LogP contribution >= 0.6 is 0 Å². The molecule has 9 nitrogen and oxygen atoms in total. The van der Waals surface area contributed by atoms with Gasteiger partial charge in [0.25, 0.3) is 11.7 Å². The van der Waals surface area contributed by atoms with Crippen LogP contribution in [-0.2, 0) is 19.1 Å². The second-order valence-electron chi connectivity index (χ2n) is 9.06. The van der Waals surface area contributed by atoms with Gasteiger partial charge >= 0.3 is 5.97 Å². The molecule has 9 heteroatoms. The number of aromatic amines is 1. The summed E-state index contributed by atoms with van der Waals surface area (Å²) < 4.78 is 10.5. The number of rotatable bonds is 8. The molecule has 2 saturated heterocycles. The molecule has 1 unspecified atom stereocenters. The van der Waals surface area contributed by atoms with Crippen LogP contribution in [0.4, 0.5) is 0 Å². The van der Waals surface area contributed by atoms with Gasteiger partial charge in [-0.3, -0.25) is 14.5 Å². The lowest BCUT2D eigenvalue weighted by Gasteiger charge is -2.29. The molecular formula is C27H33N3O6. The summed E-state index contributed by atoms with van der Waals surface area (Å²) in [6, 6.07) is 8.51. The monoisotopic (exact) mass is 495 g/mol. The summed E-state index contributed by atoms with van der Waals surface area (Å²) >= 11 is 0. The number of H-pyrrole nitrogens is 1. The van der Waals surface area contributed by atoms with Crippen LogP contribution in [0, 0.1) is 13.8 Å². The standard InChI is InChI=1S/C27H33N3O6/c1-4-36-27(34)22-17(2)20(18(3)28-22)24(31)21-23(19-9-6-5-7-10-19)30(26(33)25(21)32)12-8-11-29-13-15-35-16-14-29/h5-7,9-10,23,28,31H,4,8,11-16H2,1-3H3. The predicted molar refractivity (Wildman–Crippen MR) is 134 cm³/mol. The first-order chi connectivity index (χ1) is 17.3. The summed E-state index contributed by atoms with van der Waals surface area (Å²) in [6.45, 7) is 9.54. The topological polar surface area (TPSA) is 112 Å². The van der Waals surface area contributed by atoms with E-state index >= 15 is 0 Å². The fourth-order valence-electron chi connectivity index (χ4n) is 5.03. The number of carbonyl (C=O) groups is 3. The number of ketones is 1. The number of nitrogens with one attached hydrogen (secondary N) is 1. The van der Waals surface area contributed by atoms with Crippen molar-refractivity contribution in [2.75, 3.05) is 46.0 Å². The molecule has 2 aliphatic heterocycles. The molecule has 2 aliphatic rings. The van der Waals surface area contributed by atoms with Gasteiger partial charge < -0.3 is 24.5 Å². The molecule has 36 heavy (non-hydrogen) atoms. The Labute approximate surface area is 210 Å². The number of aliphatic hydroxyl groups excluding tert-OH is 1. The second-order valence-corrected chi connectivity index (χ2v) is 9.06. The first-order valence-corrected chi connectivity index (χ1v) is 12.3. The molecule has 0 bridgehead atoms. The Morgan fingerprint density at radius 3 is 2.50 bits per heavy atom. The van der Waals surface area contributed by atoms with Crippen LogP contribution < -0.4 is 0 Å². The minimum absolute atomic E-state index is 0.0261. The maximum atomic E-state index is 13.3. The van der Waals surface area contributed by atoms with Gasteiger partial charge in [-0.2, -0.15) is 0 Å². The van der Waals surface area contributed by atoms with E-state index in [2.05, 4.69) is 9.88 Å². The molecule has 0 saturated carbocycles. The number of nitrogens with zero attached hydrogens (tertiary/aromatic N) is 2. The van der Waals surface area contributed by atoms with Crippen LogP contribution in [0.2, 0.25) is 0 Å². The summed E-state index contributed by atoms with van der Waals surface area (Å²) in [5.74, 6) is -2.20. The molecule has 1 aromatic heterocycles. The highest BCUT2D eigenvalue weighted by atomic mass is 16.5. The maximum Gasteiger partial charge on any atom is 0.355 e. The summed E-state index contributed by atoms with van der Waals surface area (Å²) in [5, 5.41) is 11.5. The van der Waals surface area contributed by atoms with Gasteiger partial charge in [-0.15, -0.1) is 0 Å². The Morgan fingerprint density at radius 2 is 1.83 bits per heavy atom. The van der Waals surface area contributed by atoms with Crippen LogP contribution in [0.25, 0.3) is 5.76 Å². The minimum Gasteiger partial charge on any atom is -0.507 e. The first kappa shape index (κ1) is 25.7. The Morgan fingerprint density at radius 1 is 1.14 bits per heavy atom.